The summed E-state index contributed by atoms with van der Waals surface area (Å²) in [7, 11) is 0. The van der Waals surface area contributed by atoms with Crippen LogP contribution in [0.4, 0.5) is 8.78 Å². The smallest absolute Gasteiger partial charge is 0.285 e. The number of alkyl halides is 2. The van der Waals surface area contributed by atoms with Crippen molar-refractivity contribution in [3.63, 3.8) is 0 Å². The summed E-state index contributed by atoms with van der Waals surface area (Å²) in [5.41, 5.74) is 0.909. The van der Waals surface area contributed by atoms with Crippen LogP contribution in [0.5, 0.6) is 0 Å². The molecule has 0 amide bonds. The number of benzene rings is 2. The second kappa shape index (κ2) is 6.33. The Balaban J connectivity index is 2.01. The number of rotatable bonds is 5. The summed E-state index contributed by atoms with van der Waals surface area (Å²) >= 11 is 5.90. The zero-order valence-electron chi connectivity index (χ0n) is 11.1. The average Bonchev–Trinajstić information content (AvgIpc) is 2.46. The molecular formula is C16H16ClF2N. The normalized spacial score (nSPS) is 13.2. The number of halogens is 3. The highest BCUT2D eigenvalue weighted by Crippen LogP contribution is 2.28. The van der Waals surface area contributed by atoms with Crippen molar-refractivity contribution < 1.29 is 8.78 Å². The number of nitrogens with one attached hydrogen (secondary N) is 1. The molecule has 0 unspecified atom stereocenters. The summed E-state index contributed by atoms with van der Waals surface area (Å²) in [5, 5.41) is 3.46. The second-order valence-electron chi connectivity index (χ2n) is 4.73. The monoisotopic (exact) mass is 295 g/mol. The van der Waals surface area contributed by atoms with Gasteiger partial charge in [0.2, 0.25) is 0 Å². The quantitative estimate of drug-likeness (QED) is 0.837. The fraction of sp³-hybridized carbons (Fsp3) is 0.250. The van der Waals surface area contributed by atoms with E-state index in [1.165, 1.54) is 12.1 Å². The van der Waals surface area contributed by atoms with Crippen LogP contribution in [0.2, 0.25) is 5.02 Å². The summed E-state index contributed by atoms with van der Waals surface area (Å²) < 4.78 is 28.0. The molecule has 0 bridgehead atoms. The van der Waals surface area contributed by atoms with Gasteiger partial charge in [-0.05, 0) is 24.6 Å². The molecule has 106 valence electrons. The van der Waals surface area contributed by atoms with Gasteiger partial charge in [-0.15, -0.1) is 0 Å². The van der Waals surface area contributed by atoms with E-state index in [1.54, 1.807) is 30.3 Å². The lowest BCUT2D eigenvalue weighted by Crippen LogP contribution is -2.32. The largest absolute Gasteiger partial charge is 0.304 e. The van der Waals surface area contributed by atoms with E-state index in [0.29, 0.717) is 5.02 Å². The molecule has 0 aliphatic carbocycles. The molecule has 1 atom stereocenters. The van der Waals surface area contributed by atoms with Gasteiger partial charge < -0.3 is 5.32 Å². The van der Waals surface area contributed by atoms with Crippen LogP contribution in [0.3, 0.4) is 0 Å². The summed E-state index contributed by atoms with van der Waals surface area (Å²) in [6.45, 7) is 1.43. The zero-order chi connectivity index (χ0) is 14.6. The van der Waals surface area contributed by atoms with Gasteiger partial charge in [0.05, 0.1) is 6.54 Å². The molecule has 20 heavy (non-hydrogen) atoms. The molecule has 1 N–H and O–H groups in total. The van der Waals surface area contributed by atoms with E-state index < -0.39 is 12.5 Å². The summed E-state index contributed by atoms with van der Waals surface area (Å²) in [6.07, 6.45) is 0. The summed E-state index contributed by atoms with van der Waals surface area (Å²) in [4.78, 5) is 0. The Kier molecular flexibility index (Phi) is 4.73. The molecular weight excluding hydrogens is 280 g/mol. The molecule has 0 fully saturated rings. The molecule has 0 aliphatic rings. The molecule has 2 aromatic carbocycles. The molecule has 0 aliphatic heterocycles. The van der Waals surface area contributed by atoms with E-state index in [2.05, 4.69) is 5.32 Å². The van der Waals surface area contributed by atoms with Crippen LogP contribution >= 0.6 is 11.6 Å². The summed E-state index contributed by atoms with van der Waals surface area (Å²) in [5.74, 6) is -2.89. The van der Waals surface area contributed by atoms with Gasteiger partial charge in [-0.3, -0.25) is 0 Å². The molecule has 4 heteroatoms. The maximum atomic E-state index is 14.0. The predicted molar refractivity (Wildman–Crippen MR) is 78.2 cm³/mol. The van der Waals surface area contributed by atoms with Crippen molar-refractivity contribution in [2.24, 2.45) is 0 Å². The fourth-order valence-corrected chi connectivity index (χ4v) is 2.16. The molecule has 0 spiro atoms. The highest BCUT2D eigenvalue weighted by Gasteiger charge is 2.31. The minimum atomic E-state index is -2.89. The number of hydrogen-bond acceptors (Lipinski definition) is 1. The zero-order valence-corrected chi connectivity index (χ0v) is 11.9. The van der Waals surface area contributed by atoms with Crippen LogP contribution in [-0.2, 0) is 5.92 Å². The van der Waals surface area contributed by atoms with Crippen molar-refractivity contribution in [1.82, 2.24) is 5.32 Å². The lowest BCUT2D eigenvalue weighted by Gasteiger charge is -2.21. The van der Waals surface area contributed by atoms with Crippen molar-refractivity contribution in [3.05, 3.63) is 70.7 Å². The molecule has 0 aromatic heterocycles. The Morgan fingerprint density at radius 1 is 1.10 bits per heavy atom. The van der Waals surface area contributed by atoms with Gasteiger partial charge in [0, 0.05) is 16.6 Å². The van der Waals surface area contributed by atoms with E-state index in [-0.39, 0.29) is 11.6 Å². The molecule has 0 heterocycles. The van der Waals surface area contributed by atoms with Gasteiger partial charge in [-0.2, -0.15) is 8.78 Å². The van der Waals surface area contributed by atoms with Crippen molar-refractivity contribution in [2.45, 2.75) is 18.9 Å². The average molecular weight is 296 g/mol. The van der Waals surface area contributed by atoms with Crippen LogP contribution in [0.25, 0.3) is 0 Å². The van der Waals surface area contributed by atoms with E-state index in [0.717, 1.165) is 5.56 Å². The standard InChI is InChI=1S/C16H16ClF2N/c1-12(13-6-5-9-15(17)10-13)20-11-16(18,19)14-7-3-2-4-8-14/h2-10,12,20H,11H2,1H3/t12-/m0/s1. The third-order valence-electron chi connectivity index (χ3n) is 3.18. The highest BCUT2D eigenvalue weighted by atomic mass is 35.5. The second-order valence-corrected chi connectivity index (χ2v) is 5.16. The van der Waals surface area contributed by atoms with E-state index in [1.807, 2.05) is 19.1 Å². The van der Waals surface area contributed by atoms with Crippen molar-refractivity contribution in [2.75, 3.05) is 6.54 Å². The molecule has 2 aromatic rings. The first-order valence-corrected chi connectivity index (χ1v) is 6.79. The van der Waals surface area contributed by atoms with E-state index in [9.17, 15) is 8.78 Å². The number of hydrogen-bond donors (Lipinski definition) is 1. The van der Waals surface area contributed by atoms with E-state index in [4.69, 9.17) is 11.6 Å². The Labute approximate surface area is 122 Å². The highest BCUT2D eigenvalue weighted by molar-refractivity contribution is 6.30. The SMILES string of the molecule is C[C@H](NCC(F)(F)c1ccccc1)c1cccc(Cl)c1. The maximum absolute atomic E-state index is 14.0. The van der Waals surface area contributed by atoms with Crippen LogP contribution in [-0.4, -0.2) is 6.54 Å². The Morgan fingerprint density at radius 3 is 2.45 bits per heavy atom. The van der Waals surface area contributed by atoms with Crippen molar-refractivity contribution in [3.8, 4) is 0 Å². The third-order valence-corrected chi connectivity index (χ3v) is 3.41. The molecule has 0 radical (unpaired) electrons. The van der Waals surface area contributed by atoms with E-state index >= 15 is 0 Å². The van der Waals surface area contributed by atoms with Gasteiger partial charge >= 0.3 is 0 Å². The maximum Gasteiger partial charge on any atom is 0.285 e. The molecule has 2 rings (SSSR count). The third kappa shape index (κ3) is 3.78. The van der Waals surface area contributed by atoms with Gasteiger partial charge in [-0.1, -0.05) is 54.1 Å². The van der Waals surface area contributed by atoms with Crippen LogP contribution in [0, 0.1) is 0 Å². The Morgan fingerprint density at radius 2 is 1.80 bits per heavy atom. The lowest BCUT2D eigenvalue weighted by atomic mass is 10.1. The fourth-order valence-electron chi connectivity index (χ4n) is 1.96. The molecule has 1 nitrogen and oxygen atoms in total. The summed E-state index contributed by atoms with van der Waals surface area (Å²) in [6, 6.07) is 14.8. The van der Waals surface area contributed by atoms with Gasteiger partial charge in [0.15, 0.2) is 0 Å². The van der Waals surface area contributed by atoms with Crippen LogP contribution in [0.15, 0.2) is 54.6 Å². The topological polar surface area (TPSA) is 12.0 Å². The Bertz CT molecular complexity index is 557. The first kappa shape index (κ1) is 14.9. The lowest BCUT2D eigenvalue weighted by molar-refractivity contribution is -0.00534. The van der Waals surface area contributed by atoms with Crippen molar-refractivity contribution >= 4 is 11.6 Å². The minimum Gasteiger partial charge on any atom is -0.304 e. The first-order chi connectivity index (χ1) is 9.49. The predicted octanol–water partition coefficient (Wildman–Crippen LogP) is 4.78. The Hall–Kier alpha value is -1.45. The molecule has 0 saturated heterocycles. The minimum absolute atomic E-state index is 0.0193. The van der Waals surface area contributed by atoms with Gasteiger partial charge in [0.25, 0.3) is 5.92 Å². The first-order valence-electron chi connectivity index (χ1n) is 6.41. The van der Waals surface area contributed by atoms with Crippen LogP contribution < -0.4 is 5.32 Å². The van der Waals surface area contributed by atoms with Crippen LogP contribution in [0.1, 0.15) is 24.1 Å². The van der Waals surface area contributed by atoms with Gasteiger partial charge in [0.1, 0.15) is 0 Å². The molecule has 0 saturated carbocycles. The van der Waals surface area contributed by atoms with Gasteiger partial charge in [-0.25, -0.2) is 0 Å². The van der Waals surface area contributed by atoms with Crippen molar-refractivity contribution in [1.29, 1.82) is 0 Å².